The molecule has 0 atom stereocenters. The first kappa shape index (κ1) is 16.8. The van der Waals surface area contributed by atoms with Crippen LogP contribution in [0.1, 0.15) is 25.3 Å². The molecule has 1 aromatic heterocycles. The second-order valence-corrected chi connectivity index (χ2v) is 7.67. The minimum absolute atomic E-state index is 0.528. The molecule has 0 fully saturated rings. The molecule has 5 aromatic rings. The summed E-state index contributed by atoms with van der Waals surface area (Å²) in [5, 5.41) is 2.33. The minimum atomic E-state index is 0.528. The maximum atomic E-state index is 5.97. The number of hydrogen-bond acceptors (Lipinski definition) is 1. The van der Waals surface area contributed by atoms with Crippen LogP contribution < -0.4 is 0 Å². The van der Waals surface area contributed by atoms with Crippen molar-refractivity contribution in [3.63, 3.8) is 0 Å². The minimum Gasteiger partial charge on any atom is -0.456 e. The van der Waals surface area contributed by atoms with Crippen molar-refractivity contribution >= 4 is 21.9 Å². The molecule has 0 radical (unpaired) electrons. The molecule has 0 saturated carbocycles. The van der Waals surface area contributed by atoms with Crippen LogP contribution in [0.2, 0.25) is 0 Å². The van der Waals surface area contributed by atoms with Crippen molar-refractivity contribution in [2.45, 2.75) is 19.8 Å². The van der Waals surface area contributed by atoms with Crippen LogP contribution >= 0.6 is 0 Å². The Morgan fingerprint density at radius 3 is 1.96 bits per heavy atom. The van der Waals surface area contributed by atoms with Crippen molar-refractivity contribution in [2.24, 2.45) is 0 Å². The van der Waals surface area contributed by atoms with Crippen LogP contribution in [0.4, 0.5) is 0 Å². The van der Waals surface area contributed by atoms with Gasteiger partial charge in [0.2, 0.25) is 0 Å². The number of rotatable bonds is 3. The molecule has 0 aliphatic carbocycles. The van der Waals surface area contributed by atoms with Crippen molar-refractivity contribution in [1.29, 1.82) is 0 Å². The molecule has 4 aromatic carbocycles. The average Bonchev–Trinajstić information content (AvgIpc) is 3.12. The van der Waals surface area contributed by atoms with Crippen molar-refractivity contribution in [1.82, 2.24) is 0 Å². The van der Waals surface area contributed by atoms with E-state index in [0.717, 1.165) is 11.2 Å². The van der Waals surface area contributed by atoms with E-state index >= 15 is 0 Å². The molecule has 0 saturated heterocycles. The van der Waals surface area contributed by atoms with Gasteiger partial charge in [-0.2, -0.15) is 0 Å². The zero-order chi connectivity index (χ0) is 19.1. The van der Waals surface area contributed by atoms with Gasteiger partial charge in [0.05, 0.1) is 0 Å². The summed E-state index contributed by atoms with van der Waals surface area (Å²) < 4.78 is 5.97. The average molecular weight is 362 g/mol. The molecule has 5 rings (SSSR count). The van der Waals surface area contributed by atoms with Crippen LogP contribution in [0.3, 0.4) is 0 Å². The van der Waals surface area contributed by atoms with E-state index < -0.39 is 0 Å². The number of para-hydroxylation sites is 1. The van der Waals surface area contributed by atoms with E-state index in [-0.39, 0.29) is 0 Å². The van der Waals surface area contributed by atoms with Crippen molar-refractivity contribution in [2.75, 3.05) is 0 Å². The van der Waals surface area contributed by atoms with Crippen LogP contribution in [0.25, 0.3) is 44.2 Å². The second-order valence-electron chi connectivity index (χ2n) is 7.67. The van der Waals surface area contributed by atoms with Crippen LogP contribution in [-0.2, 0) is 0 Å². The largest absolute Gasteiger partial charge is 0.456 e. The molecule has 28 heavy (non-hydrogen) atoms. The lowest BCUT2D eigenvalue weighted by atomic mass is 9.95. The third-order valence-corrected chi connectivity index (χ3v) is 5.46. The summed E-state index contributed by atoms with van der Waals surface area (Å²) in [6, 6.07) is 32.3. The third-order valence-electron chi connectivity index (χ3n) is 5.46. The highest BCUT2D eigenvalue weighted by atomic mass is 16.3. The van der Waals surface area contributed by atoms with Gasteiger partial charge in [0.1, 0.15) is 11.2 Å². The highest BCUT2D eigenvalue weighted by Gasteiger charge is 2.09. The molecule has 0 aliphatic rings. The fourth-order valence-corrected chi connectivity index (χ4v) is 3.86. The van der Waals surface area contributed by atoms with E-state index in [4.69, 9.17) is 4.42 Å². The van der Waals surface area contributed by atoms with Crippen molar-refractivity contribution < 1.29 is 4.42 Å². The van der Waals surface area contributed by atoms with E-state index in [0.29, 0.717) is 5.92 Å². The molecular weight excluding hydrogens is 340 g/mol. The van der Waals surface area contributed by atoms with Gasteiger partial charge in [-0.05, 0) is 58.0 Å². The topological polar surface area (TPSA) is 13.1 Å². The Kier molecular flexibility index (Phi) is 4.02. The van der Waals surface area contributed by atoms with Gasteiger partial charge < -0.3 is 4.42 Å². The van der Waals surface area contributed by atoms with Crippen molar-refractivity contribution in [3.8, 4) is 22.3 Å². The first-order valence-corrected chi connectivity index (χ1v) is 9.81. The lowest BCUT2D eigenvalue weighted by molar-refractivity contribution is 0.669. The van der Waals surface area contributed by atoms with Crippen LogP contribution in [-0.4, -0.2) is 0 Å². The number of benzene rings is 4. The normalized spacial score (nSPS) is 11.5. The van der Waals surface area contributed by atoms with E-state index in [1.165, 1.54) is 38.6 Å². The molecule has 0 bridgehead atoms. The molecular formula is C27H22O. The summed E-state index contributed by atoms with van der Waals surface area (Å²) in [4.78, 5) is 0. The zero-order valence-corrected chi connectivity index (χ0v) is 16.1. The molecule has 0 N–H and O–H groups in total. The predicted octanol–water partition coefficient (Wildman–Crippen LogP) is 8.04. The zero-order valence-electron chi connectivity index (χ0n) is 16.1. The molecule has 1 heteroatoms. The SMILES string of the molecule is CC(C)c1cccc(-c2cccc(-c3ccc4oc5ccccc5c4c3)c2)c1. The van der Waals surface area contributed by atoms with Crippen molar-refractivity contribution in [3.05, 3.63) is 96.6 Å². The van der Waals surface area contributed by atoms with Crippen LogP contribution in [0.15, 0.2) is 95.4 Å². The first-order chi connectivity index (χ1) is 13.7. The van der Waals surface area contributed by atoms with E-state index in [1.54, 1.807) is 0 Å². The number of hydrogen-bond donors (Lipinski definition) is 0. The predicted molar refractivity (Wildman–Crippen MR) is 119 cm³/mol. The third kappa shape index (κ3) is 2.90. The van der Waals surface area contributed by atoms with Gasteiger partial charge in [-0.1, -0.05) is 80.6 Å². The molecule has 136 valence electrons. The Morgan fingerprint density at radius 1 is 0.536 bits per heavy atom. The molecule has 0 unspecified atom stereocenters. The molecule has 0 amide bonds. The quantitative estimate of drug-likeness (QED) is 0.316. The van der Waals surface area contributed by atoms with Crippen LogP contribution in [0, 0.1) is 0 Å². The standard InChI is InChI=1S/C27H22O/c1-18(2)19-7-5-8-20(15-19)21-9-6-10-22(16-21)23-13-14-27-25(17-23)24-11-3-4-12-26(24)28-27/h3-18H,1-2H3. The maximum absolute atomic E-state index is 5.97. The molecule has 0 aliphatic heterocycles. The fourth-order valence-electron chi connectivity index (χ4n) is 3.86. The lowest BCUT2D eigenvalue weighted by Gasteiger charge is -2.10. The van der Waals surface area contributed by atoms with Gasteiger partial charge in [0.15, 0.2) is 0 Å². The summed E-state index contributed by atoms with van der Waals surface area (Å²) in [7, 11) is 0. The van der Waals surface area contributed by atoms with Gasteiger partial charge in [0.25, 0.3) is 0 Å². The molecule has 0 spiro atoms. The van der Waals surface area contributed by atoms with E-state index in [2.05, 4.69) is 92.7 Å². The molecule has 1 heterocycles. The summed E-state index contributed by atoms with van der Waals surface area (Å²) in [5.74, 6) is 0.528. The maximum Gasteiger partial charge on any atom is 0.135 e. The van der Waals surface area contributed by atoms with Crippen LogP contribution in [0.5, 0.6) is 0 Å². The Bertz CT molecular complexity index is 1290. The highest BCUT2D eigenvalue weighted by Crippen LogP contribution is 2.34. The van der Waals surface area contributed by atoms with Gasteiger partial charge in [-0.25, -0.2) is 0 Å². The summed E-state index contributed by atoms with van der Waals surface area (Å²) in [6.45, 7) is 4.47. The molecule has 1 nitrogen and oxygen atoms in total. The Morgan fingerprint density at radius 2 is 1.18 bits per heavy atom. The summed E-state index contributed by atoms with van der Waals surface area (Å²) >= 11 is 0. The highest BCUT2D eigenvalue weighted by molar-refractivity contribution is 6.06. The van der Waals surface area contributed by atoms with E-state index in [9.17, 15) is 0 Å². The fraction of sp³-hybridized carbons (Fsp3) is 0.111. The van der Waals surface area contributed by atoms with Gasteiger partial charge in [-0.15, -0.1) is 0 Å². The number of fused-ring (bicyclic) bond motifs is 3. The lowest BCUT2D eigenvalue weighted by Crippen LogP contribution is -1.88. The summed E-state index contributed by atoms with van der Waals surface area (Å²) in [5.41, 5.74) is 8.19. The van der Waals surface area contributed by atoms with Gasteiger partial charge in [0, 0.05) is 10.8 Å². The Labute approximate surface area is 165 Å². The second kappa shape index (κ2) is 6.69. The smallest absolute Gasteiger partial charge is 0.135 e. The monoisotopic (exact) mass is 362 g/mol. The van der Waals surface area contributed by atoms with Gasteiger partial charge >= 0.3 is 0 Å². The summed E-state index contributed by atoms with van der Waals surface area (Å²) in [6.07, 6.45) is 0. The first-order valence-electron chi connectivity index (χ1n) is 9.81. The Balaban J connectivity index is 1.61. The number of furan rings is 1. The van der Waals surface area contributed by atoms with E-state index in [1.807, 2.05) is 12.1 Å². The Hall–Kier alpha value is -3.32. The van der Waals surface area contributed by atoms with Gasteiger partial charge in [-0.3, -0.25) is 0 Å².